The van der Waals surface area contributed by atoms with Gasteiger partial charge in [-0.2, -0.15) is 5.10 Å². The lowest BCUT2D eigenvalue weighted by Crippen LogP contribution is -2.36. The van der Waals surface area contributed by atoms with E-state index < -0.39 is 0 Å². The molecule has 8 nitrogen and oxygen atoms in total. The van der Waals surface area contributed by atoms with Gasteiger partial charge in [0.15, 0.2) is 5.82 Å². The normalized spacial score (nSPS) is 15.0. The van der Waals surface area contributed by atoms with Crippen LogP contribution in [0.15, 0.2) is 18.3 Å². The van der Waals surface area contributed by atoms with Crippen molar-refractivity contribution >= 4 is 28.8 Å². The third-order valence-corrected chi connectivity index (χ3v) is 3.99. The van der Waals surface area contributed by atoms with Gasteiger partial charge in [0.1, 0.15) is 11.5 Å². The molecule has 0 saturated carbocycles. The summed E-state index contributed by atoms with van der Waals surface area (Å²) in [5, 5.41) is 9.21. The van der Waals surface area contributed by atoms with Gasteiger partial charge in [0.2, 0.25) is 6.41 Å². The molecule has 0 bridgehead atoms. The van der Waals surface area contributed by atoms with Gasteiger partial charge in [-0.05, 0) is 6.07 Å². The SMILES string of the molecule is O=CNc1cn[nH]c1-c1nc2cc(N3CCOCC3)c(F)cc2[nH]1. The second kappa shape index (κ2) is 5.93. The number of rotatable bonds is 4. The minimum Gasteiger partial charge on any atom is -0.378 e. The fraction of sp³-hybridized carbons (Fsp3) is 0.267. The number of hydrogen-bond acceptors (Lipinski definition) is 5. The van der Waals surface area contributed by atoms with E-state index in [1.807, 2.05) is 4.90 Å². The first kappa shape index (κ1) is 14.6. The Balaban J connectivity index is 1.75. The highest BCUT2D eigenvalue weighted by atomic mass is 19.1. The number of amides is 1. The summed E-state index contributed by atoms with van der Waals surface area (Å²) in [7, 11) is 0. The maximum Gasteiger partial charge on any atom is 0.211 e. The number of aromatic nitrogens is 4. The molecule has 0 radical (unpaired) electrons. The van der Waals surface area contributed by atoms with E-state index in [1.54, 1.807) is 6.07 Å². The summed E-state index contributed by atoms with van der Waals surface area (Å²) in [6.07, 6.45) is 2.05. The number of nitrogens with one attached hydrogen (secondary N) is 3. The summed E-state index contributed by atoms with van der Waals surface area (Å²) in [6.45, 7) is 2.46. The number of carbonyl (C=O) groups excluding carboxylic acids is 1. The number of fused-ring (bicyclic) bond motifs is 1. The number of imidazole rings is 1. The Labute approximate surface area is 136 Å². The predicted molar refractivity (Wildman–Crippen MR) is 86.4 cm³/mol. The highest BCUT2D eigenvalue weighted by molar-refractivity contribution is 5.86. The molecule has 1 fully saturated rings. The fourth-order valence-electron chi connectivity index (χ4n) is 2.82. The highest BCUT2D eigenvalue weighted by Gasteiger charge is 2.18. The maximum atomic E-state index is 14.4. The van der Waals surface area contributed by atoms with E-state index in [9.17, 15) is 9.18 Å². The van der Waals surface area contributed by atoms with Gasteiger partial charge >= 0.3 is 0 Å². The first-order valence-electron chi connectivity index (χ1n) is 7.52. The Morgan fingerprint density at radius 3 is 2.96 bits per heavy atom. The first-order valence-corrected chi connectivity index (χ1v) is 7.52. The molecule has 3 heterocycles. The van der Waals surface area contributed by atoms with Crippen LogP contribution in [0.3, 0.4) is 0 Å². The van der Waals surface area contributed by atoms with Crippen molar-refractivity contribution < 1.29 is 13.9 Å². The number of morpholine rings is 1. The maximum absolute atomic E-state index is 14.4. The topological polar surface area (TPSA) is 98.9 Å². The predicted octanol–water partition coefficient (Wildman–Crippen LogP) is 1.50. The van der Waals surface area contributed by atoms with Crippen molar-refractivity contribution in [3.8, 4) is 11.5 Å². The molecule has 3 aromatic rings. The molecule has 124 valence electrons. The van der Waals surface area contributed by atoms with E-state index in [-0.39, 0.29) is 5.82 Å². The van der Waals surface area contributed by atoms with Crippen molar-refractivity contribution in [2.45, 2.75) is 0 Å². The van der Waals surface area contributed by atoms with Crippen LogP contribution in [0.5, 0.6) is 0 Å². The fourth-order valence-corrected chi connectivity index (χ4v) is 2.82. The molecule has 1 aromatic carbocycles. The quantitative estimate of drug-likeness (QED) is 0.630. The molecule has 1 aliphatic rings. The van der Waals surface area contributed by atoms with Crippen molar-refractivity contribution in [1.29, 1.82) is 0 Å². The van der Waals surface area contributed by atoms with Crippen LogP contribution in [0.1, 0.15) is 0 Å². The number of benzene rings is 1. The van der Waals surface area contributed by atoms with Gasteiger partial charge in [0.05, 0.1) is 41.8 Å². The largest absolute Gasteiger partial charge is 0.378 e. The van der Waals surface area contributed by atoms with Crippen molar-refractivity contribution in [1.82, 2.24) is 20.2 Å². The zero-order chi connectivity index (χ0) is 16.5. The Morgan fingerprint density at radius 2 is 2.17 bits per heavy atom. The number of aromatic amines is 2. The van der Waals surface area contributed by atoms with Crippen LogP contribution in [0.2, 0.25) is 0 Å². The number of ether oxygens (including phenoxy) is 1. The standard InChI is InChI=1S/C15H15FN6O2/c16-9-5-10-11(6-13(9)22-1-3-24-4-2-22)20-15(19-10)14-12(17-8-23)7-18-21-14/h5-8H,1-4H2,(H,17,23)(H,18,21)(H,19,20). The van der Waals surface area contributed by atoms with Gasteiger partial charge in [-0.15, -0.1) is 0 Å². The molecule has 4 rings (SSSR count). The van der Waals surface area contributed by atoms with Gasteiger partial charge in [-0.3, -0.25) is 9.89 Å². The lowest BCUT2D eigenvalue weighted by molar-refractivity contribution is -0.105. The summed E-state index contributed by atoms with van der Waals surface area (Å²) in [4.78, 5) is 20.1. The van der Waals surface area contributed by atoms with Gasteiger partial charge < -0.3 is 19.9 Å². The molecule has 0 aliphatic carbocycles. The van der Waals surface area contributed by atoms with E-state index in [2.05, 4.69) is 25.5 Å². The summed E-state index contributed by atoms with van der Waals surface area (Å²) >= 11 is 0. The summed E-state index contributed by atoms with van der Waals surface area (Å²) in [6, 6.07) is 3.15. The van der Waals surface area contributed by atoms with Crippen molar-refractivity contribution in [3.63, 3.8) is 0 Å². The van der Waals surface area contributed by atoms with Gasteiger partial charge in [-0.1, -0.05) is 0 Å². The highest BCUT2D eigenvalue weighted by Crippen LogP contribution is 2.29. The van der Waals surface area contributed by atoms with Gasteiger partial charge in [-0.25, -0.2) is 9.37 Å². The Bertz CT molecular complexity index is 883. The van der Waals surface area contributed by atoms with Crippen LogP contribution in [-0.4, -0.2) is 52.9 Å². The number of H-pyrrole nitrogens is 2. The Kier molecular flexibility index (Phi) is 3.62. The molecule has 1 amide bonds. The number of nitrogens with zero attached hydrogens (tertiary/aromatic N) is 3. The van der Waals surface area contributed by atoms with E-state index in [1.165, 1.54) is 12.3 Å². The molecule has 1 aliphatic heterocycles. The second-order valence-electron chi connectivity index (χ2n) is 5.43. The van der Waals surface area contributed by atoms with E-state index in [0.717, 1.165) is 0 Å². The minimum atomic E-state index is -0.310. The molecule has 0 spiro atoms. The number of hydrogen-bond donors (Lipinski definition) is 3. The van der Waals surface area contributed by atoms with Crippen LogP contribution in [0.4, 0.5) is 15.8 Å². The van der Waals surface area contributed by atoms with Crippen LogP contribution < -0.4 is 10.2 Å². The van der Waals surface area contributed by atoms with E-state index >= 15 is 0 Å². The second-order valence-corrected chi connectivity index (χ2v) is 5.43. The third kappa shape index (κ3) is 2.48. The van der Waals surface area contributed by atoms with Crippen LogP contribution in [0, 0.1) is 5.82 Å². The molecule has 3 N–H and O–H groups in total. The number of halogens is 1. The minimum absolute atomic E-state index is 0.310. The molecular formula is C15H15FN6O2. The molecular weight excluding hydrogens is 315 g/mol. The molecule has 9 heteroatoms. The Morgan fingerprint density at radius 1 is 1.33 bits per heavy atom. The Hall–Kier alpha value is -2.94. The van der Waals surface area contributed by atoms with Crippen LogP contribution in [-0.2, 0) is 9.53 Å². The zero-order valence-electron chi connectivity index (χ0n) is 12.7. The lowest BCUT2D eigenvalue weighted by atomic mass is 10.2. The van der Waals surface area contributed by atoms with Gasteiger partial charge in [0, 0.05) is 19.2 Å². The molecule has 24 heavy (non-hydrogen) atoms. The first-order chi connectivity index (χ1) is 11.8. The summed E-state index contributed by atoms with van der Waals surface area (Å²) < 4.78 is 19.8. The molecule has 0 unspecified atom stereocenters. The molecule has 0 atom stereocenters. The van der Waals surface area contributed by atoms with Gasteiger partial charge in [0.25, 0.3) is 0 Å². The van der Waals surface area contributed by atoms with Crippen molar-refractivity contribution in [2.75, 3.05) is 36.5 Å². The van der Waals surface area contributed by atoms with Crippen molar-refractivity contribution in [3.05, 3.63) is 24.1 Å². The summed E-state index contributed by atoms with van der Waals surface area (Å²) in [5.74, 6) is 0.167. The average molecular weight is 330 g/mol. The lowest BCUT2D eigenvalue weighted by Gasteiger charge is -2.29. The number of anilines is 2. The van der Waals surface area contributed by atoms with E-state index in [0.29, 0.717) is 66.6 Å². The van der Waals surface area contributed by atoms with Crippen LogP contribution >= 0.6 is 0 Å². The molecule has 1 saturated heterocycles. The smallest absolute Gasteiger partial charge is 0.211 e. The summed E-state index contributed by atoms with van der Waals surface area (Å²) in [5.41, 5.74) is 2.76. The number of carbonyl (C=O) groups is 1. The van der Waals surface area contributed by atoms with E-state index in [4.69, 9.17) is 4.74 Å². The van der Waals surface area contributed by atoms with Crippen LogP contribution in [0.25, 0.3) is 22.6 Å². The average Bonchev–Trinajstić information content (AvgIpc) is 3.21. The zero-order valence-corrected chi connectivity index (χ0v) is 12.7. The molecule has 2 aromatic heterocycles. The monoisotopic (exact) mass is 330 g/mol. The van der Waals surface area contributed by atoms with Crippen molar-refractivity contribution in [2.24, 2.45) is 0 Å². The third-order valence-electron chi connectivity index (χ3n) is 3.99.